The van der Waals surface area contributed by atoms with Crippen molar-refractivity contribution in [2.24, 2.45) is 0 Å². The SMILES string of the molecule is C=CCN1CCN(C(C)C)C(=O)C12CCN(C(=O)c1cnccn1)C2. The zero-order valence-corrected chi connectivity index (χ0v) is 14.9. The molecule has 0 radical (unpaired) electrons. The predicted octanol–water partition coefficient (Wildman–Crippen LogP) is 0.800. The fraction of sp³-hybridized carbons (Fsp3) is 0.556. The minimum Gasteiger partial charge on any atom is -0.337 e. The van der Waals surface area contributed by atoms with Crippen molar-refractivity contribution in [3.05, 3.63) is 36.9 Å². The smallest absolute Gasteiger partial charge is 0.274 e. The van der Waals surface area contributed by atoms with Crippen LogP contribution in [0.25, 0.3) is 0 Å². The summed E-state index contributed by atoms with van der Waals surface area (Å²) in [5.41, 5.74) is -0.340. The van der Waals surface area contributed by atoms with Crippen molar-refractivity contribution in [3.63, 3.8) is 0 Å². The van der Waals surface area contributed by atoms with Gasteiger partial charge in [0.2, 0.25) is 5.91 Å². The summed E-state index contributed by atoms with van der Waals surface area (Å²) in [6.45, 7) is 11.0. The van der Waals surface area contributed by atoms with Crippen molar-refractivity contribution in [1.82, 2.24) is 24.7 Å². The first-order valence-corrected chi connectivity index (χ1v) is 8.72. The Morgan fingerprint density at radius 1 is 1.36 bits per heavy atom. The first kappa shape index (κ1) is 17.5. The number of likely N-dealkylation sites (tertiary alicyclic amines) is 1. The molecule has 3 heterocycles. The lowest BCUT2D eigenvalue weighted by molar-refractivity contribution is -0.152. The number of carbonyl (C=O) groups excluding carboxylic acids is 2. The zero-order chi connectivity index (χ0) is 18.0. The molecule has 1 aromatic heterocycles. The summed E-state index contributed by atoms with van der Waals surface area (Å²) in [6, 6.07) is 0.153. The standard InChI is InChI=1S/C18H25N5O2/c1-4-8-22-10-11-23(14(2)3)17(25)18(22)5-9-21(13-18)16(24)15-12-19-6-7-20-15/h4,6-7,12,14H,1,5,8-11,13H2,2-3H3. The second-order valence-electron chi connectivity index (χ2n) is 6.93. The fourth-order valence-electron chi connectivity index (χ4n) is 3.83. The molecule has 0 aromatic carbocycles. The number of aromatic nitrogens is 2. The molecular formula is C18H25N5O2. The molecule has 134 valence electrons. The molecule has 2 amide bonds. The number of rotatable bonds is 4. The lowest BCUT2D eigenvalue weighted by Crippen LogP contribution is -2.68. The van der Waals surface area contributed by atoms with E-state index in [0.29, 0.717) is 38.3 Å². The van der Waals surface area contributed by atoms with Crippen LogP contribution in [0.3, 0.4) is 0 Å². The van der Waals surface area contributed by atoms with E-state index in [1.54, 1.807) is 11.1 Å². The summed E-state index contributed by atoms with van der Waals surface area (Å²) in [5, 5.41) is 0. The summed E-state index contributed by atoms with van der Waals surface area (Å²) in [6.07, 6.45) is 6.98. The van der Waals surface area contributed by atoms with Gasteiger partial charge < -0.3 is 9.80 Å². The molecule has 0 N–H and O–H groups in total. The van der Waals surface area contributed by atoms with Crippen molar-refractivity contribution in [3.8, 4) is 0 Å². The van der Waals surface area contributed by atoms with Crippen LogP contribution in [-0.2, 0) is 4.79 Å². The minimum atomic E-state index is -0.658. The van der Waals surface area contributed by atoms with Crippen molar-refractivity contribution >= 4 is 11.8 Å². The maximum atomic E-state index is 13.3. The first-order chi connectivity index (χ1) is 12.0. The quantitative estimate of drug-likeness (QED) is 0.757. The van der Waals surface area contributed by atoms with E-state index in [4.69, 9.17) is 0 Å². The Morgan fingerprint density at radius 3 is 2.80 bits per heavy atom. The van der Waals surface area contributed by atoms with Crippen LogP contribution in [0.1, 0.15) is 30.8 Å². The van der Waals surface area contributed by atoms with Gasteiger partial charge in [-0.15, -0.1) is 6.58 Å². The van der Waals surface area contributed by atoms with Gasteiger partial charge in [-0.3, -0.25) is 19.5 Å². The average molecular weight is 343 g/mol. The van der Waals surface area contributed by atoms with Crippen LogP contribution >= 0.6 is 0 Å². The van der Waals surface area contributed by atoms with Gasteiger partial charge in [0, 0.05) is 51.2 Å². The van der Waals surface area contributed by atoms with E-state index < -0.39 is 5.54 Å². The minimum absolute atomic E-state index is 0.116. The van der Waals surface area contributed by atoms with E-state index in [1.165, 1.54) is 12.4 Å². The topological polar surface area (TPSA) is 69.6 Å². The van der Waals surface area contributed by atoms with Crippen molar-refractivity contribution < 1.29 is 9.59 Å². The summed E-state index contributed by atoms with van der Waals surface area (Å²) >= 11 is 0. The second-order valence-corrected chi connectivity index (χ2v) is 6.93. The van der Waals surface area contributed by atoms with Crippen molar-refractivity contribution in [1.29, 1.82) is 0 Å². The Hall–Kier alpha value is -2.28. The Balaban J connectivity index is 1.86. The maximum Gasteiger partial charge on any atom is 0.274 e. The summed E-state index contributed by atoms with van der Waals surface area (Å²) in [7, 11) is 0. The van der Waals surface area contributed by atoms with Gasteiger partial charge in [0.15, 0.2) is 0 Å². The number of amides is 2. The van der Waals surface area contributed by atoms with E-state index >= 15 is 0 Å². The van der Waals surface area contributed by atoms with Gasteiger partial charge in [0.1, 0.15) is 11.2 Å². The molecule has 3 rings (SSSR count). The van der Waals surface area contributed by atoms with Crippen LogP contribution in [0.4, 0.5) is 0 Å². The third-order valence-electron chi connectivity index (χ3n) is 5.17. The summed E-state index contributed by atoms with van der Waals surface area (Å²) in [4.78, 5) is 39.9. The molecule has 2 aliphatic rings. The largest absolute Gasteiger partial charge is 0.337 e. The predicted molar refractivity (Wildman–Crippen MR) is 93.9 cm³/mol. The second kappa shape index (κ2) is 6.92. The lowest BCUT2D eigenvalue weighted by atomic mass is 9.90. The number of carbonyl (C=O) groups is 2. The van der Waals surface area contributed by atoms with Crippen LogP contribution in [0, 0.1) is 0 Å². The molecule has 1 aromatic rings. The van der Waals surface area contributed by atoms with Gasteiger partial charge in [-0.1, -0.05) is 6.08 Å². The Bertz CT molecular complexity index is 663. The molecule has 0 bridgehead atoms. The third-order valence-corrected chi connectivity index (χ3v) is 5.17. The first-order valence-electron chi connectivity index (χ1n) is 8.72. The van der Waals surface area contributed by atoms with Gasteiger partial charge >= 0.3 is 0 Å². The van der Waals surface area contributed by atoms with Gasteiger partial charge in [0.05, 0.1) is 6.20 Å². The van der Waals surface area contributed by atoms with Crippen LogP contribution in [0.15, 0.2) is 31.2 Å². The highest BCUT2D eigenvalue weighted by Gasteiger charge is 2.54. The molecule has 1 unspecified atom stereocenters. The molecule has 0 saturated carbocycles. The molecule has 7 heteroatoms. The maximum absolute atomic E-state index is 13.3. The number of hydrogen-bond donors (Lipinski definition) is 0. The van der Waals surface area contributed by atoms with Gasteiger partial charge in [-0.05, 0) is 20.3 Å². The third kappa shape index (κ3) is 3.04. The molecule has 2 aliphatic heterocycles. The van der Waals surface area contributed by atoms with Gasteiger partial charge in [-0.25, -0.2) is 4.98 Å². The van der Waals surface area contributed by atoms with Gasteiger partial charge in [0.25, 0.3) is 5.91 Å². The van der Waals surface area contributed by atoms with Crippen LogP contribution < -0.4 is 0 Å². The highest BCUT2D eigenvalue weighted by Crippen LogP contribution is 2.34. The van der Waals surface area contributed by atoms with E-state index in [2.05, 4.69) is 21.4 Å². The lowest BCUT2D eigenvalue weighted by Gasteiger charge is -2.48. The monoisotopic (exact) mass is 343 g/mol. The number of piperazine rings is 1. The zero-order valence-electron chi connectivity index (χ0n) is 14.9. The molecule has 7 nitrogen and oxygen atoms in total. The molecular weight excluding hydrogens is 318 g/mol. The van der Waals surface area contributed by atoms with Gasteiger partial charge in [-0.2, -0.15) is 0 Å². The molecule has 1 atom stereocenters. The highest BCUT2D eigenvalue weighted by atomic mass is 16.2. The van der Waals surface area contributed by atoms with Crippen LogP contribution in [0.5, 0.6) is 0 Å². The van der Waals surface area contributed by atoms with E-state index in [-0.39, 0.29) is 17.9 Å². The Kier molecular flexibility index (Phi) is 4.85. The molecule has 25 heavy (non-hydrogen) atoms. The Labute approximate surface area is 148 Å². The summed E-state index contributed by atoms with van der Waals surface area (Å²) < 4.78 is 0. The van der Waals surface area contributed by atoms with Crippen molar-refractivity contribution in [2.75, 3.05) is 32.7 Å². The molecule has 2 fully saturated rings. The average Bonchev–Trinajstić information content (AvgIpc) is 3.05. The van der Waals surface area contributed by atoms with E-state index in [0.717, 1.165) is 6.54 Å². The van der Waals surface area contributed by atoms with Crippen LogP contribution in [-0.4, -0.2) is 80.8 Å². The molecule has 1 spiro atoms. The van der Waals surface area contributed by atoms with Crippen LogP contribution in [0.2, 0.25) is 0 Å². The number of nitrogens with zero attached hydrogens (tertiary/aromatic N) is 5. The highest BCUT2D eigenvalue weighted by molar-refractivity contribution is 5.94. The fourth-order valence-corrected chi connectivity index (χ4v) is 3.83. The summed E-state index contributed by atoms with van der Waals surface area (Å²) in [5.74, 6) is -0.0527. The normalized spacial score (nSPS) is 24.4. The molecule has 2 saturated heterocycles. The Morgan fingerprint density at radius 2 is 2.16 bits per heavy atom. The molecule has 0 aliphatic carbocycles. The van der Waals surface area contributed by atoms with E-state index in [1.807, 2.05) is 24.8 Å². The van der Waals surface area contributed by atoms with Crippen molar-refractivity contribution in [2.45, 2.75) is 31.8 Å². The number of hydrogen-bond acceptors (Lipinski definition) is 5. The van der Waals surface area contributed by atoms with E-state index in [9.17, 15) is 9.59 Å².